The minimum atomic E-state index is -0.378. The van der Waals surface area contributed by atoms with E-state index >= 15 is 0 Å². The van der Waals surface area contributed by atoms with Crippen LogP contribution in [-0.4, -0.2) is 34.0 Å². The monoisotopic (exact) mass is 393 g/mol. The second kappa shape index (κ2) is 10.3. The molecule has 1 aromatic heterocycles. The lowest BCUT2D eigenvalue weighted by Crippen LogP contribution is -2.25. The lowest BCUT2D eigenvalue weighted by atomic mass is 10.2. The summed E-state index contributed by atoms with van der Waals surface area (Å²) in [6.07, 6.45) is 0.600. The molecule has 0 fully saturated rings. The Morgan fingerprint density at radius 1 is 1.35 bits per heavy atom. The molecule has 1 heterocycles. The summed E-state index contributed by atoms with van der Waals surface area (Å²) in [4.78, 5) is 31.7. The molecule has 0 aliphatic heterocycles. The van der Waals surface area contributed by atoms with Crippen molar-refractivity contribution < 1.29 is 9.53 Å². The summed E-state index contributed by atoms with van der Waals surface area (Å²) in [6.45, 7) is 3.98. The van der Waals surface area contributed by atoms with Crippen molar-refractivity contribution in [3.05, 3.63) is 46.4 Å². The van der Waals surface area contributed by atoms with Gasteiger partial charge >= 0.3 is 0 Å². The number of aromatic amines is 1. The largest absolute Gasteiger partial charge is 0.495 e. The number of carbonyl (C=O) groups excluding carboxylic acids is 1. The highest BCUT2D eigenvalue weighted by atomic mass is 32.2. The Bertz CT molecular complexity index is 795. The van der Waals surface area contributed by atoms with Gasteiger partial charge in [0.05, 0.1) is 23.7 Å². The lowest BCUT2D eigenvalue weighted by molar-refractivity contribution is -0.115. The van der Waals surface area contributed by atoms with E-state index in [2.05, 4.69) is 22.2 Å². The summed E-state index contributed by atoms with van der Waals surface area (Å²) in [7, 11) is 1.56. The molecular weight excluding hydrogens is 370 g/mol. The molecule has 0 bridgehead atoms. The number of hydrogen-bond donors (Lipinski definition) is 2. The third-order valence-corrected chi connectivity index (χ3v) is 5.67. The Hall–Kier alpha value is -1.93. The molecule has 2 rings (SSSR count). The Kier molecular flexibility index (Phi) is 8.06. The maximum Gasteiger partial charge on any atom is 0.251 e. The van der Waals surface area contributed by atoms with Gasteiger partial charge < -0.3 is 15.0 Å². The van der Waals surface area contributed by atoms with Gasteiger partial charge in [0.15, 0.2) is 5.16 Å². The highest BCUT2D eigenvalue weighted by Crippen LogP contribution is 2.27. The number of rotatable bonds is 9. The van der Waals surface area contributed by atoms with Gasteiger partial charge in [-0.1, -0.05) is 37.7 Å². The van der Waals surface area contributed by atoms with Gasteiger partial charge in [-0.05, 0) is 24.3 Å². The van der Waals surface area contributed by atoms with E-state index in [9.17, 15) is 9.59 Å². The zero-order valence-electron chi connectivity index (χ0n) is 15.1. The highest BCUT2D eigenvalue weighted by molar-refractivity contribution is 8.00. The van der Waals surface area contributed by atoms with E-state index in [1.165, 1.54) is 17.8 Å². The summed E-state index contributed by atoms with van der Waals surface area (Å²) < 4.78 is 5.26. The van der Waals surface area contributed by atoms with E-state index in [1.54, 1.807) is 31.0 Å². The molecule has 0 saturated heterocycles. The number of aromatic nitrogens is 2. The first-order chi connectivity index (χ1) is 12.6. The van der Waals surface area contributed by atoms with Gasteiger partial charge in [0.25, 0.3) is 5.56 Å². The number of carbonyl (C=O) groups is 1. The molecule has 1 atom stereocenters. The van der Waals surface area contributed by atoms with Crippen LogP contribution in [0.4, 0.5) is 5.69 Å². The van der Waals surface area contributed by atoms with Gasteiger partial charge in [-0.15, -0.1) is 0 Å². The molecule has 1 amide bonds. The second-order valence-electron chi connectivity index (χ2n) is 5.38. The van der Waals surface area contributed by atoms with Crippen LogP contribution in [-0.2, 0) is 10.5 Å². The Morgan fingerprint density at radius 2 is 2.12 bits per heavy atom. The van der Waals surface area contributed by atoms with Crippen LogP contribution in [0.25, 0.3) is 0 Å². The number of nitrogens with one attached hydrogen (secondary N) is 2. The highest BCUT2D eigenvalue weighted by Gasteiger charge is 2.20. The summed E-state index contributed by atoms with van der Waals surface area (Å²) in [5.41, 5.74) is 1.14. The zero-order valence-corrected chi connectivity index (χ0v) is 16.7. The Morgan fingerprint density at radius 3 is 2.81 bits per heavy atom. The molecule has 0 aliphatic rings. The molecule has 140 valence electrons. The molecule has 0 radical (unpaired) electrons. The van der Waals surface area contributed by atoms with Crippen molar-refractivity contribution in [2.75, 3.05) is 18.2 Å². The molecule has 8 heteroatoms. The smallest absolute Gasteiger partial charge is 0.251 e. The number of H-pyrrole nitrogens is 1. The molecule has 1 unspecified atom stereocenters. The van der Waals surface area contributed by atoms with Crippen LogP contribution in [0.15, 0.2) is 40.3 Å². The van der Waals surface area contributed by atoms with Crippen molar-refractivity contribution in [2.24, 2.45) is 0 Å². The average Bonchev–Trinajstić information content (AvgIpc) is 2.64. The number of thioether (sulfide) groups is 2. The van der Waals surface area contributed by atoms with Crippen LogP contribution >= 0.6 is 23.5 Å². The van der Waals surface area contributed by atoms with Gasteiger partial charge in [0.2, 0.25) is 5.91 Å². The minimum Gasteiger partial charge on any atom is -0.495 e. The summed E-state index contributed by atoms with van der Waals surface area (Å²) in [5.74, 6) is 2.08. The van der Waals surface area contributed by atoms with Gasteiger partial charge in [0, 0.05) is 11.8 Å². The lowest BCUT2D eigenvalue weighted by Gasteiger charge is -2.16. The maximum absolute atomic E-state index is 12.6. The first-order valence-electron chi connectivity index (χ1n) is 8.35. The maximum atomic E-state index is 12.6. The topological polar surface area (TPSA) is 84.1 Å². The average molecular weight is 394 g/mol. The van der Waals surface area contributed by atoms with Crippen LogP contribution in [0.5, 0.6) is 5.75 Å². The van der Waals surface area contributed by atoms with Crippen LogP contribution < -0.4 is 15.6 Å². The Labute approximate surface area is 161 Å². The van der Waals surface area contributed by atoms with Crippen molar-refractivity contribution in [3.63, 3.8) is 0 Å². The summed E-state index contributed by atoms with van der Waals surface area (Å²) in [6, 6.07) is 8.76. The first kappa shape index (κ1) is 20.4. The number of benzene rings is 1. The third-order valence-electron chi connectivity index (χ3n) is 3.51. The number of methoxy groups -OCH3 is 1. The standard InChI is InChI=1S/C18H23N3O3S2/c1-4-15(17(23)20-13-8-6-7-9-14(13)24-3)26-18-19-12(11-25-5-2)10-16(22)21-18/h6-10,15H,4-5,11H2,1-3H3,(H,20,23)(H,19,21,22). The molecule has 2 aromatic rings. The van der Waals surface area contributed by atoms with Crippen LogP contribution in [0, 0.1) is 0 Å². The number of ether oxygens (including phenoxy) is 1. The van der Waals surface area contributed by atoms with E-state index in [1.807, 2.05) is 19.1 Å². The zero-order chi connectivity index (χ0) is 18.9. The van der Waals surface area contributed by atoms with E-state index in [0.29, 0.717) is 28.8 Å². The fourth-order valence-electron chi connectivity index (χ4n) is 2.24. The number of para-hydroxylation sites is 2. The van der Waals surface area contributed by atoms with Crippen molar-refractivity contribution in [1.82, 2.24) is 9.97 Å². The van der Waals surface area contributed by atoms with E-state index in [4.69, 9.17) is 4.74 Å². The molecule has 0 spiro atoms. The summed E-state index contributed by atoms with van der Waals surface area (Å²) >= 11 is 2.96. The van der Waals surface area contributed by atoms with E-state index in [0.717, 1.165) is 11.4 Å². The molecule has 0 aliphatic carbocycles. The quantitative estimate of drug-likeness (QED) is 0.501. The number of amides is 1. The third kappa shape index (κ3) is 5.81. The Balaban J connectivity index is 2.12. The fourth-order valence-corrected chi connectivity index (χ4v) is 3.73. The van der Waals surface area contributed by atoms with E-state index < -0.39 is 0 Å². The van der Waals surface area contributed by atoms with E-state index in [-0.39, 0.29) is 16.7 Å². The van der Waals surface area contributed by atoms with Gasteiger partial charge in [0.1, 0.15) is 5.75 Å². The van der Waals surface area contributed by atoms with Crippen LogP contribution in [0.1, 0.15) is 26.0 Å². The molecule has 1 aromatic carbocycles. The normalized spacial score (nSPS) is 11.8. The molecule has 26 heavy (non-hydrogen) atoms. The van der Waals surface area contributed by atoms with Crippen molar-refractivity contribution in [3.8, 4) is 5.75 Å². The second-order valence-corrected chi connectivity index (χ2v) is 7.85. The first-order valence-corrected chi connectivity index (χ1v) is 10.4. The van der Waals surface area contributed by atoms with Crippen LogP contribution in [0.3, 0.4) is 0 Å². The van der Waals surface area contributed by atoms with Gasteiger partial charge in [-0.25, -0.2) is 4.98 Å². The summed E-state index contributed by atoms with van der Waals surface area (Å²) in [5, 5.41) is 2.97. The molecule has 2 N–H and O–H groups in total. The van der Waals surface area contributed by atoms with Gasteiger partial charge in [-0.2, -0.15) is 11.8 Å². The molecule has 0 saturated carbocycles. The molecular formula is C18H23N3O3S2. The van der Waals surface area contributed by atoms with Crippen molar-refractivity contribution >= 4 is 35.1 Å². The number of anilines is 1. The van der Waals surface area contributed by atoms with Crippen molar-refractivity contribution in [1.29, 1.82) is 0 Å². The van der Waals surface area contributed by atoms with Crippen LogP contribution in [0.2, 0.25) is 0 Å². The SMILES string of the molecule is CCSCc1cc(=O)[nH]c(SC(CC)C(=O)Nc2ccccc2OC)n1. The predicted octanol–water partition coefficient (Wildman–Crippen LogP) is 3.54. The minimum absolute atomic E-state index is 0.155. The van der Waals surface area contributed by atoms with Gasteiger partial charge in [-0.3, -0.25) is 9.59 Å². The fraction of sp³-hybridized carbons (Fsp3) is 0.389. The van der Waals surface area contributed by atoms with Crippen molar-refractivity contribution in [2.45, 2.75) is 36.4 Å². The predicted molar refractivity (Wildman–Crippen MR) is 108 cm³/mol. The molecule has 6 nitrogen and oxygen atoms in total. The number of hydrogen-bond acceptors (Lipinski definition) is 6. The number of nitrogens with zero attached hydrogens (tertiary/aromatic N) is 1.